The molecular formula is C9H13IN4O2. The molecule has 0 atom stereocenters. The highest BCUT2D eigenvalue weighted by Gasteiger charge is 2.11. The second-order valence-corrected chi connectivity index (χ2v) is 4.63. The molecule has 0 radical (unpaired) electrons. The summed E-state index contributed by atoms with van der Waals surface area (Å²) in [6, 6.07) is 0. The summed E-state index contributed by atoms with van der Waals surface area (Å²) in [6.07, 6.45) is 1.55. The van der Waals surface area contributed by atoms with E-state index in [4.69, 9.17) is 0 Å². The molecule has 0 unspecified atom stereocenters. The fourth-order valence-electron chi connectivity index (χ4n) is 1.11. The van der Waals surface area contributed by atoms with Crippen molar-refractivity contribution in [3.05, 3.63) is 24.4 Å². The first-order valence-electron chi connectivity index (χ1n) is 4.52. The predicted molar refractivity (Wildman–Crippen MR) is 71.5 cm³/mol. The first kappa shape index (κ1) is 12.9. The summed E-state index contributed by atoms with van der Waals surface area (Å²) in [5.41, 5.74) is -0.703. The third kappa shape index (κ3) is 2.34. The van der Waals surface area contributed by atoms with E-state index >= 15 is 0 Å². The lowest BCUT2D eigenvalue weighted by Crippen LogP contribution is -2.38. The molecule has 0 bridgehead atoms. The van der Waals surface area contributed by atoms with Gasteiger partial charge < -0.3 is 4.90 Å². The van der Waals surface area contributed by atoms with Gasteiger partial charge in [-0.2, -0.15) is 0 Å². The molecule has 7 heteroatoms. The SMILES string of the molecule is CN(C)/C=N/c1c(I)c(=O)n(C)c(=O)n1C. The summed E-state index contributed by atoms with van der Waals surface area (Å²) in [6.45, 7) is 0. The van der Waals surface area contributed by atoms with Crippen LogP contribution in [0.2, 0.25) is 0 Å². The molecule has 0 aliphatic rings. The number of aliphatic imine (C=N–C) groups is 1. The summed E-state index contributed by atoms with van der Waals surface area (Å²) in [5, 5.41) is 0. The van der Waals surface area contributed by atoms with E-state index in [-0.39, 0.29) is 11.2 Å². The van der Waals surface area contributed by atoms with Crippen LogP contribution in [0, 0.1) is 3.57 Å². The van der Waals surface area contributed by atoms with Crippen LogP contribution < -0.4 is 11.2 Å². The van der Waals surface area contributed by atoms with Crippen molar-refractivity contribution in [3.63, 3.8) is 0 Å². The van der Waals surface area contributed by atoms with Gasteiger partial charge in [-0.05, 0) is 22.6 Å². The fourth-order valence-corrected chi connectivity index (χ4v) is 1.97. The molecule has 1 rings (SSSR count). The zero-order chi connectivity index (χ0) is 12.5. The smallest absolute Gasteiger partial charge is 0.332 e. The second-order valence-electron chi connectivity index (χ2n) is 3.55. The minimum absolute atomic E-state index is 0.324. The topological polar surface area (TPSA) is 59.6 Å². The van der Waals surface area contributed by atoms with Gasteiger partial charge in [-0.1, -0.05) is 0 Å². The lowest BCUT2D eigenvalue weighted by atomic mass is 10.5. The van der Waals surface area contributed by atoms with Crippen molar-refractivity contribution in [3.8, 4) is 0 Å². The van der Waals surface area contributed by atoms with Crippen LogP contribution in [0.3, 0.4) is 0 Å². The Balaban J connectivity index is 3.53. The van der Waals surface area contributed by atoms with E-state index in [0.717, 1.165) is 4.57 Å². The van der Waals surface area contributed by atoms with Gasteiger partial charge in [0.25, 0.3) is 5.56 Å². The summed E-state index contributed by atoms with van der Waals surface area (Å²) in [4.78, 5) is 29.1. The molecule has 16 heavy (non-hydrogen) atoms. The van der Waals surface area contributed by atoms with E-state index in [0.29, 0.717) is 9.39 Å². The van der Waals surface area contributed by atoms with Crippen LogP contribution in [0.15, 0.2) is 14.6 Å². The third-order valence-electron chi connectivity index (χ3n) is 1.99. The molecular weight excluding hydrogens is 323 g/mol. The number of aromatic nitrogens is 2. The highest BCUT2D eigenvalue weighted by Crippen LogP contribution is 2.13. The zero-order valence-electron chi connectivity index (χ0n) is 9.56. The van der Waals surface area contributed by atoms with Gasteiger partial charge >= 0.3 is 5.69 Å². The second kappa shape index (κ2) is 4.81. The van der Waals surface area contributed by atoms with Gasteiger partial charge in [-0.3, -0.25) is 13.9 Å². The minimum Gasteiger partial charge on any atom is -0.369 e. The third-order valence-corrected chi connectivity index (χ3v) is 2.94. The Morgan fingerprint density at radius 1 is 1.25 bits per heavy atom. The monoisotopic (exact) mass is 336 g/mol. The molecule has 0 spiro atoms. The van der Waals surface area contributed by atoms with Crippen LogP contribution in [0.25, 0.3) is 0 Å². The van der Waals surface area contributed by atoms with Gasteiger partial charge in [-0.15, -0.1) is 0 Å². The number of hydrogen-bond acceptors (Lipinski definition) is 3. The fraction of sp³-hybridized carbons (Fsp3) is 0.444. The Morgan fingerprint density at radius 3 is 2.31 bits per heavy atom. The van der Waals surface area contributed by atoms with Crippen molar-refractivity contribution in [1.82, 2.24) is 14.0 Å². The molecule has 6 nitrogen and oxygen atoms in total. The van der Waals surface area contributed by atoms with Crippen molar-refractivity contribution < 1.29 is 0 Å². The summed E-state index contributed by atoms with van der Waals surface area (Å²) in [7, 11) is 6.67. The lowest BCUT2D eigenvalue weighted by Gasteiger charge is -2.09. The van der Waals surface area contributed by atoms with Crippen LogP contribution in [0.1, 0.15) is 0 Å². The van der Waals surface area contributed by atoms with Gasteiger partial charge in [0.1, 0.15) is 3.57 Å². The molecule has 1 heterocycles. The van der Waals surface area contributed by atoms with Crippen LogP contribution in [0.4, 0.5) is 5.82 Å². The van der Waals surface area contributed by atoms with Crippen molar-refractivity contribution in [2.24, 2.45) is 19.1 Å². The van der Waals surface area contributed by atoms with Gasteiger partial charge in [0.05, 0.1) is 6.34 Å². The molecule has 0 aromatic carbocycles. The maximum absolute atomic E-state index is 11.7. The number of halogens is 1. The van der Waals surface area contributed by atoms with Crippen molar-refractivity contribution in [2.45, 2.75) is 0 Å². The van der Waals surface area contributed by atoms with Crippen LogP contribution in [0.5, 0.6) is 0 Å². The Hall–Kier alpha value is -1.12. The summed E-state index contributed by atoms with van der Waals surface area (Å²) in [5.74, 6) is 0.377. The van der Waals surface area contributed by atoms with Crippen molar-refractivity contribution in [1.29, 1.82) is 0 Å². The molecule has 0 N–H and O–H groups in total. The van der Waals surface area contributed by atoms with Gasteiger partial charge in [0.15, 0.2) is 5.82 Å². The van der Waals surface area contributed by atoms with Gasteiger partial charge in [0, 0.05) is 28.2 Å². The summed E-state index contributed by atoms with van der Waals surface area (Å²) >= 11 is 1.89. The quantitative estimate of drug-likeness (QED) is 0.431. The molecule has 1 aromatic rings. The van der Waals surface area contributed by atoms with Crippen LogP contribution in [-0.4, -0.2) is 34.5 Å². The average molecular weight is 336 g/mol. The van der Waals surface area contributed by atoms with Gasteiger partial charge in [-0.25, -0.2) is 9.79 Å². The Kier molecular flexibility index (Phi) is 3.89. The molecule has 0 aliphatic heterocycles. The Bertz CT molecular complexity index is 504. The minimum atomic E-state index is -0.378. The Labute approximate surface area is 106 Å². The van der Waals surface area contributed by atoms with E-state index in [2.05, 4.69) is 4.99 Å². The van der Waals surface area contributed by atoms with E-state index in [1.807, 2.05) is 36.7 Å². The zero-order valence-corrected chi connectivity index (χ0v) is 11.7. The number of hydrogen-bond donors (Lipinski definition) is 0. The molecule has 0 amide bonds. The average Bonchev–Trinajstić information content (AvgIpc) is 2.23. The first-order chi connectivity index (χ1) is 7.36. The first-order valence-corrected chi connectivity index (χ1v) is 5.60. The molecule has 1 aromatic heterocycles. The number of rotatable bonds is 2. The highest BCUT2D eigenvalue weighted by molar-refractivity contribution is 14.1. The van der Waals surface area contributed by atoms with Crippen LogP contribution in [-0.2, 0) is 14.1 Å². The maximum Gasteiger partial charge on any atom is 0.332 e. The van der Waals surface area contributed by atoms with Gasteiger partial charge in [0.2, 0.25) is 0 Å². The largest absolute Gasteiger partial charge is 0.369 e. The highest BCUT2D eigenvalue weighted by atomic mass is 127. The molecule has 0 aliphatic carbocycles. The van der Waals surface area contributed by atoms with E-state index in [1.165, 1.54) is 11.6 Å². The molecule has 0 saturated heterocycles. The maximum atomic E-state index is 11.7. The standard InChI is InChI=1S/C9H13IN4O2/c1-12(2)5-11-7-6(10)8(15)14(4)9(16)13(7)3/h5H,1-4H3/b11-5+. The molecule has 0 saturated carbocycles. The van der Waals surface area contributed by atoms with E-state index in [1.54, 1.807) is 18.3 Å². The van der Waals surface area contributed by atoms with Crippen LogP contribution >= 0.6 is 22.6 Å². The predicted octanol–water partition coefficient (Wildman–Crippen LogP) is -0.0900. The molecule has 88 valence electrons. The number of nitrogens with zero attached hydrogens (tertiary/aromatic N) is 4. The van der Waals surface area contributed by atoms with Crippen molar-refractivity contribution in [2.75, 3.05) is 14.1 Å². The van der Waals surface area contributed by atoms with E-state index in [9.17, 15) is 9.59 Å². The Morgan fingerprint density at radius 2 is 1.81 bits per heavy atom. The lowest BCUT2D eigenvalue weighted by molar-refractivity contribution is 0.638. The normalized spacial score (nSPS) is 11.1. The van der Waals surface area contributed by atoms with E-state index < -0.39 is 0 Å². The van der Waals surface area contributed by atoms with Crippen molar-refractivity contribution >= 4 is 34.7 Å². The molecule has 0 fully saturated rings. The summed E-state index contributed by atoms with van der Waals surface area (Å²) < 4.78 is 2.85.